The van der Waals surface area contributed by atoms with E-state index in [1.54, 1.807) is 32.7 Å². The van der Waals surface area contributed by atoms with E-state index in [2.05, 4.69) is 22.0 Å². The third kappa shape index (κ3) is 2.47. The van der Waals surface area contributed by atoms with Crippen molar-refractivity contribution < 1.29 is 14.2 Å². The molecule has 1 heterocycles. The van der Waals surface area contributed by atoms with Gasteiger partial charge in [0.05, 0.1) is 21.3 Å². The molecule has 0 spiro atoms. The highest BCUT2D eigenvalue weighted by Gasteiger charge is 2.14. The van der Waals surface area contributed by atoms with E-state index in [4.69, 9.17) is 14.2 Å². The number of hydrogen-bond acceptors (Lipinski definition) is 4. The molecular weight excluding hydrogens is 316 g/mol. The molecule has 18 heavy (non-hydrogen) atoms. The Morgan fingerprint density at radius 3 is 1.94 bits per heavy atom. The van der Waals surface area contributed by atoms with E-state index in [1.165, 1.54) is 0 Å². The lowest BCUT2D eigenvalue weighted by Crippen LogP contribution is -1.95. The third-order valence-electron chi connectivity index (χ3n) is 2.52. The van der Waals surface area contributed by atoms with Crippen molar-refractivity contribution in [2.24, 2.45) is 0 Å². The molecule has 3 nitrogen and oxygen atoms in total. The lowest BCUT2D eigenvalue weighted by Gasteiger charge is -2.13. The zero-order chi connectivity index (χ0) is 13.1. The number of thiophene rings is 1. The lowest BCUT2D eigenvalue weighted by atomic mass is 10.1. The molecule has 5 heteroatoms. The topological polar surface area (TPSA) is 27.7 Å². The molecule has 2 aromatic rings. The van der Waals surface area contributed by atoms with E-state index in [9.17, 15) is 0 Å². The first-order chi connectivity index (χ1) is 8.69. The monoisotopic (exact) mass is 328 g/mol. The molecule has 1 aromatic heterocycles. The van der Waals surface area contributed by atoms with Gasteiger partial charge < -0.3 is 14.2 Å². The van der Waals surface area contributed by atoms with Gasteiger partial charge in [-0.1, -0.05) is 0 Å². The molecule has 2 rings (SSSR count). The van der Waals surface area contributed by atoms with Crippen LogP contribution in [-0.4, -0.2) is 21.3 Å². The number of ether oxygens (including phenoxy) is 3. The minimum atomic E-state index is 0.611. The summed E-state index contributed by atoms with van der Waals surface area (Å²) >= 11 is 5.11. The first-order valence-electron chi connectivity index (χ1n) is 5.24. The molecular formula is C13H13BrO3S. The van der Waals surface area contributed by atoms with Gasteiger partial charge in [0.25, 0.3) is 0 Å². The van der Waals surface area contributed by atoms with Crippen molar-refractivity contribution in [3.8, 4) is 27.7 Å². The molecule has 1 aromatic carbocycles. The van der Waals surface area contributed by atoms with Crippen molar-refractivity contribution in [3.63, 3.8) is 0 Å². The second kappa shape index (κ2) is 5.63. The maximum atomic E-state index is 5.34. The van der Waals surface area contributed by atoms with Gasteiger partial charge in [-0.2, -0.15) is 0 Å². The van der Waals surface area contributed by atoms with Crippen LogP contribution in [0, 0.1) is 0 Å². The van der Waals surface area contributed by atoms with E-state index in [0.29, 0.717) is 17.2 Å². The van der Waals surface area contributed by atoms with E-state index in [-0.39, 0.29) is 0 Å². The van der Waals surface area contributed by atoms with Crippen LogP contribution in [0.4, 0.5) is 0 Å². The zero-order valence-corrected chi connectivity index (χ0v) is 12.7. The zero-order valence-electron chi connectivity index (χ0n) is 10.3. The highest BCUT2D eigenvalue weighted by molar-refractivity contribution is 9.10. The highest BCUT2D eigenvalue weighted by atomic mass is 79.9. The minimum absolute atomic E-state index is 0.611. The van der Waals surface area contributed by atoms with Crippen LogP contribution in [0.25, 0.3) is 10.4 Å². The fourth-order valence-electron chi connectivity index (χ4n) is 1.69. The van der Waals surface area contributed by atoms with Crippen LogP contribution in [0.2, 0.25) is 0 Å². The predicted octanol–water partition coefficient (Wildman–Crippen LogP) is 4.20. The van der Waals surface area contributed by atoms with Crippen LogP contribution in [0.15, 0.2) is 28.1 Å². The van der Waals surface area contributed by atoms with Crippen LogP contribution in [-0.2, 0) is 0 Å². The summed E-state index contributed by atoms with van der Waals surface area (Å²) in [5.74, 6) is 1.94. The van der Waals surface area contributed by atoms with Crippen molar-refractivity contribution in [2.75, 3.05) is 21.3 Å². The predicted molar refractivity (Wildman–Crippen MR) is 77.1 cm³/mol. The average molecular weight is 329 g/mol. The average Bonchev–Trinajstić information content (AvgIpc) is 2.83. The van der Waals surface area contributed by atoms with Crippen molar-refractivity contribution in [1.29, 1.82) is 0 Å². The summed E-state index contributed by atoms with van der Waals surface area (Å²) in [5.41, 5.74) is 1.04. The van der Waals surface area contributed by atoms with Crippen molar-refractivity contribution in [3.05, 3.63) is 28.1 Å². The Kier molecular flexibility index (Phi) is 4.14. The fraction of sp³-hybridized carbons (Fsp3) is 0.231. The maximum Gasteiger partial charge on any atom is 0.203 e. The Labute approximate surface area is 118 Å². The summed E-state index contributed by atoms with van der Waals surface area (Å²) in [4.78, 5) is 1.14. The minimum Gasteiger partial charge on any atom is -0.493 e. The molecule has 96 valence electrons. The Hall–Kier alpha value is -1.20. The molecule has 0 saturated carbocycles. The second-order valence-electron chi connectivity index (χ2n) is 3.54. The molecule has 0 N–H and O–H groups in total. The molecule has 0 aliphatic heterocycles. The Bertz CT molecular complexity index is 526. The van der Waals surface area contributed by atoms with Crippen LogP contribution in [0.3, 0.4) is 0 Å². The van der Waals surface area contributed by atoms with Gasteiger partial charge in [-0.05, 0) is 39.7 Å². The summed E-state index contributed by atoms with van der Waals surface area (Å²) in [6, 6.07) is 5.95. The van der Waals surface area contributed by atoms with Crippen LogP contribution in [0.5, 0.6) is 17.2 Å². The largest absolute Gasteiger partial charge is 0.493 e. The SMILES string of the molecule is COc1cc(-c2cc(Br)cs2)cc(OC)c1OC. The maximum absolute atomic E-state index is 5.34. The highest BCUT2D eigenvalue weighted by Crippen LogP contribution is 2.42. The molecule has 0 aliphatic rings. The van der Waals surface area contributed by atoms with Gasteiger partial charge in [-0.15, -0.1) is 11.3 Å². The van der Waals surface area contributed by atoms with Crippen LogP contribution < -0.4 is 14.2 Å². The van der Waals surface area contributed by atoms with E-state index in [0.717, 1.165) is 14.9 Å². The van der Waals surface area contributed by atoms with Gasteiger partial charge in [0, 0.05) is 14.7 Å². The summed E-state index contributed by atoms with van der Waals surface area (Å²) in [6.45, 7) is 0. The first-order valence-corrected chi connectivity index (χ1v) is 6.91. The quantitative estimate of drug-likeness (QED) is 0.841. The molecule has 0 fully saturated rings. The Morgan fingerprint density at radius 2 is 1.56 bits per heavy atom. The summed E-state index contributed by atoms with van der Waals surface area (Å²) in [5, 5.41) is 2.04. The van der Waals surface area contributed by atoms with Crippen LogP contribution in [0.1, 0.15) is 0 Å². The number of hydrogen-bond donors (Lipinski definition) is 0. The van der Waals surface area contributed by atoms with Gasteiger partial charge in [0.15, 0.2) is 11.5 Å². The summed E-state index contributed by atoms with van der Waals surface area (Å²) in [6.07, 6.45) is 0. The van der Waals surface area contributed by atoms with E-state index < -0.39 is 0 Å². The van der Waals surface area contributed by atoms with Gasteiger partial charge in [-0.25, -0.2) is 0 Å². The molecule has 0 amide bonds. The Morgan fingerprint density at radius 1 is 0.944 bits per heavy atom. The molecule has 0 atom stereocenters. The number of methoxy groups -OCH3 is 3. The fourth-order valence-corrected chi connectivity index (χ4v) is 3.11. The van der Waals surface area contributed by atoms with Gasteiger partial charge in [0.1, 0.15) is 0 Å². The molecule has 0 unspecified atom stereocenters. The van der Waals surface area contributed by atoms with Crippen molar-refractivity contribution >= 4 is 27.3 Å². The van der Waals surface area contributed by atoms with Gasteiger partial charge >= 0.3 is 0 Å². The van der Waals surface area contributed by atoms with Gasteiger partial charge in [-0.3, -0.25) is 0 Å². The molecule has 0 bridgehead atoms. The molecule has 0 radical (unpaired) electrons. The molecule has 0 saturated heterocycles. The van der Waals surface area contributed by atoms with E-state index in [1.807, 2.05) is 17.5 Å². The summed E-state index contributed by atoms with van der Waals surface area (Å²) in [7, 11) is 4.83. The van der Waals surface area contributed by atoms with Crippen molar-refractivity contribution in [2.45, 2.75) is 0 Å². The Balaban J connectivity index is 2.56. The second-order valence-corrected chi connectivity index (χ2v) is 5.37. The number of benzene rings is 1. The standard InChI is InChI=1S/C13H13BrO3S/c1-15-10-4-8(12-6-9(14)7-18-12)5-11(16-2)13(10)17-3/h4-7H,1-3H3. The summed E-state index contributed by atoms with van der Waals surface area (Å²) < 4.78 is 17.0. The normalized spacial score (nSPS) is 10.2. The van der Waals surface area contributed by atoms with E-state index >= 15 is 0 Å². The smallest absolute Gasteiger partial charge is 0.203 e. The van der Waals surface area contributed by atoms with Crippen LogP contribution >= 0.6 is 27.3 Å². The number of halogens is 1. The molecule has 0 aliphatic carbocycles. The first kappa shape index (κ1) is 13.2. The van der Waals surface area contributed by atoms with Gasteiger partial charge in [0.2, 0.25) is 5.75 Å². The number of rotatable bonds is 4. The van der Waals surface area contributed by atoms with Crippen molar-refractivity contribution in [1.82, 2.24) is 0 Å². The third-order valence-corrected chi connectivity index (χ3v) is 4.26. The lowest BCUT2D eigenvalue weighted by molar-refractivity contribution is 0.324.